The number of hydrazone groups is 1. The molecule has 0 spiro atoms. The molecule has 0 saturated heterocycles. The first-order valence-corrected chi connectivity index (χ1v) is 11.3. The van der Waals surface area contributed by atoms with Crippen molar-refractivity contribution in [3.8, 4) is 5.75 Å². The van der Waals surface area contributed by atoms with Gasteiger partial charge in [0.25, 0.3) is 5.91 Å². The van der Waals surface area contributed by atoms with E-state index < -0.39 is 5.97 Å². The topological polar surface area (TPSA) is 80.9 Å². The van der Waals surface area contributed by atoms with Crippen molar-refractivity contribution in [1.82, 2.24) is 5.43 Å². The van der Waals surface area contributed by atoms with Crippen LogP contribution < -0.4 is 10.2 Å². The van der Waals surface area contributed by atoms with Gasteiger partial charge >= 0.3 is 5.97 Å². The minimum atomic E-state index is -0.564. The lowest BCUT2D eigenvalue weighted by atomic mass is 9.93. The molecule has 5 rings (SSSR count). The minimum absolute atomic E-state index is 0.147. The van der Waals surface area contributed by atoms with E-state index in [-0.39, 0.29) is 11.7 Å². The number of benzene rings is 3. The van der Waals surface area contributed by atoms with Crippen LogP contribution in [0.15, 0.2) is 76.2 Å². The third-order valence-electron chi connectivity index (χ3n) is 5.84. The Bertz CT molecular complexity index is 1450. The second-order valence-corrected chi connectivity index (χ2v) is 8.52. The van der Waals surface area contributed by atoms with Gasteiger partial charge in [-0.3, -0.25) is 4.79 Å². The van der Waals surface area contributed by atoms with Gasteiger partial charge in [-0.1, -0.05) is 54.1 Å². The van der Waals surface area contributed by atoms with E-state index in [0.29, 0.717) is 46.2 Å². The highest BCUT2D eigenvalue weighted by Gasteiger charge is 2.29. The summed E-state index contributed by atoms with van der Waals surface area (Å²) in [6.45, 7) is 1.81. The Morgan fingerprint density at radius 3 is 2.68 bits per heavy atom. The van der Waals surface area contributed by atoms with Crippen LogP contribution in [0.25, 0.3) is 10.8 Å². The largest absolute Gasteiger partial charge is 0.453 e. The van der Waals surface area contributed by atoms with Crippen molar-refractivity contribution in [2.24, 2.45) is 5.10 Å². The van der Waals surface area contributed by atoms with Gasteiger partial charge in [0.2, 0.25) is 5.76 Å². The number of hydrogen-bond donors (Lipinski definition) is 1. The van der Waals surface area contributed by atoms with Crippen LogP contribution in [-0.2, 0) is 6.42 Å². The summed E-state index contributed by atoms with van der Waals surface area (Å²) in [6.07, 6.45) is 2.13. The molecule has 0 bridgehead atoms. The molecule has 0 aliphatic heterocycles. The Balaban J connectivity index is 1.41. The standard InChI is InChI=1S/C27H21ClN2O4/c1-16-24-21(29-30-26(31)18-9-4-10-19(28)15-18)12-6-14-23(24)33-25(16)27(32)34-22-13-5-8-17-7-2-3-11-20(17)22/h2-5,7-11,13,15H,6,12,14H2,1H3,(H,30,31)/b29-21+. The molecule has 7 heteroatoms. The molecule has 1 aliphatic carbocycles. The van der Waals surface area contributed by atoms with Crippen LogP contribution in [0.3, 0.4) is 0 Å². The third kappa shape index (κ3) is 4.20. The monoisotopic (exact) mass is 472 g/mol. The fourth-order valence-electron chi connectivity index (χ4n) is 4.22. The second-order valence-electron chi connectivity index (χ2n) is 8.08. The highest BCUT2D eigenvalue weighted by atomic mass is 35.5. The molecule has 170 valence electrons. The normalized spacial score (nSPS) is 14.1. The Labute approximate surface area is 201 Å². The van der Waals surface area contributed by atoms with Gasteiger partial charge in [0.1, 0.15) is 11.5 Å². The molecule has 1 aliphatic rings. The molecule has 3 aromatic carbocycles. The van der Waals surface area contributed by atoms with E-state index in [1.807, 2.05) is 43.3 Å². The fourth-order valence-corrected chi connectivity index (χ4v) is 4.41. The number of furan rings is 1. The van der Waals surface area contributed by atoms with E-state index in [2.05, 4.69) is 10.5 Å². The van der Waals surface area contributed by atoms with Gasteiger partial charge in [-0.15, -0.1) is 0 Å². The van der Waals surface area contributed by atoms with Gasteiger partial charge in [0, 0.05) is 33.5 Å². The van der Waals surface area contributed by atoms with Crippen molar-refractivity contribution in [3.63, 3.8) is 0 Å². The van der Waals surface area contributed by atoms with Crippen molar-refractivity contribution in [1.29, 1.82) is 0 Å². The lowest BCUT2D eigenvalue weighted by Gasteiger charge is -2.13. The second kappa shape index (κ2) is 9.15. The van der Waals surface area contributed by atoms with Crippen LogP contribution in [0.2, 0.25) is 5.02 Å². The van der Waals surface area contributed by atoms with Gasteiger partial charge < -0.3 is 9.15 Å². The highest BCUT2D eigenvalue weighted by molar-refractivity contribution is 6.31. The number of fused-ring (bicyclic) bond motifs is 2. The number of ether oxygens (including phenoxy) is 1. The molecule has 1 heterocycles. The van der Waals surface area contributed by atoms with E-state index in [1.165, 1.54) is 0 Å². The number of aryl methyl sites for hydroxylation is 1. The molecule has 0 atom stereocenters. The zero-order chi connectivity index (χ0) is 23.7. The minimum Gasteiger partial charge on any atom is -0.453 e. The van der Waals surface area contributed by atoms with Crippen molar-refractivity contribution in [3.05, 3.63) is 100.0 Å². The number of esters is 1. The van der Waals surface area contributed by atoms with Crippen molar-refractivity contribution >= 4 is 40.0 Å². The Morgan fingerprint density at radius 1 is 1.03 bits per heavy atom. The Morgan fingerprint density at radius 2 is 1.82 bits per heavy atom. The summed E-state index contributed by atoms with van der Waals surface area (Å²) in [5, 5.41) is 6.65. The van der Waals surface area contributed by atoms with Crippen LogP contribution in [0.5, 0.6) is 5.75 Å². The molecule has 1 aromatic heterocycles. The maximum atomic E-state index is 13.0. The zero-order valence-corrected chi connectivity index (χ0v) is 19.2. The van der Waals surface area contributed by atoms with Gasteiger partial charge in [0.05, 0.1) is 5.71 Å². The van der Waals surface area contributed by atoms with Crippen molar-refractivity contribution in [2.75, 3.05) is 0 Å². The number of halogens is 1. The smallest absolute Gasteiger partial charge is 0.379 e. The molecule has 4 aromatic rings. The number of carbonyl (C=O) groups excluding carboxylic acids is 2. The molecule has 1 amide bonds. The molecular formula is C27H21ClN2O4. The lowest BCUT2D eigenvalue weighted by molar-refractivity contribution is 0.0700. The summed E-state index contributed by atoms with van der Waals surface area (Å²) in [6, 6.07) is 19.9. The summed E-state index contributed by atoms with van der Waals surface area (Å²) in [5.74, 6) is 0.363. The molecule has 34 heavy (non-hydrogen) atoms. The summed E-state index contributed by atoms with van der Waals surface area (Å²) >= 11 is 5.98. The number of rotatable bonds is 4. The quantitative estimate of drug-likeness (QED) is 0.221. The van der Waals surface area contributed by atoms with Gasteiger partial charge in [0.15, 0.2) is 0 Å². The summed E-state index contributed by atoms with van der Waals surface area (Å²) < 4.78 is 11.7. The van der Waals surface area contributed by atoms with Crippen molar-refractivity contribution in [2.45, 2.75) is 26.2 Å². The van der Waals surface area contributed by atoms with E-state index in [0.717, 1.165) is 22.8 Å². The number of amides is 1. The first-order chi connectivity index (χ1) is 16.5. The Hall–Kier alpha value is -3.90. The van der Waals surface area contributed by atoms with Gasteiger partial charge in [-0.05, 0) is 49.4 Å². The fraction of sp³-hybridized carbons (Fsp3) is 0.148. The number of nitrogens with zero attached hydrogens (tertiary/aromatic N) is 1. The van der Waals surface area contributed by atoms with Crippen molar-refractivity contribution < 1.29 is 18.7 Å². The van der Waals surface area contributed by atoms with E-state index in [4.69, 9.17) is 20.8 Å². The zero-order valence-electron chi connectivity index (χ0n) is 18.4. The third-order valence-corrected chi connectivity index (χ3v) is 6.08. The maximum absolute atomic E-state index is 13.0. The maximum Gasteiger partial charge on any atom is 0.379 e. The number of hydrogen-bond acceptors (Lipinski definition) is 5. The molecule has 0 radical (unpaired) electrons. The Kier molecular flexibility index (Phi) is 5.90. The molecule has 1 N–H and O–H groups in total. The summed E-state index contributed by atoms with van der Waals surface area (Å²) in [4.78, 5) is 25.5. The van der Waals surface area contributed by atoms with Crippen LogP contribution in [-0.4, -0.2) is 17.6 Å². The van der Waals surface area contributed by atoms with Crippen LogP contribution in [0.1, 0.15) is 50.6 Å². The predicted molar refractivity (Wildman–Crippen MR) is 131 cm³/mol. The van der Waals surface area contributed by atoms with Gasteiger partial charge in [-0.2, -0.15) is 5.10 Å². The van der Waals surface area contributed by atoms with Gasteiger partial charge in [-0.25, -0.2) is 10.2 Å². The molecule has 0 saturated carbocycles. The van der Waals surface area contributed by atoms with Crippen LogP contribution in [0, 0.1) is 6.92 Å². The SMILES string of the molecule is Cc1c(C(=O)Oc2cccc3ccccc23)oc2c1/C(=N/NC(=O)c1cccc(Cl)c1)CCC2. The van der Waals surface area contributed by atoms with E-state index in [1.54, 1.807) is 30.3 Å². The summed E-state index contributed by atoms with van der Waals surface area (Å²) in [5.41, 5.74) is 5.08. The average molecular weight is 473 g/mol. The average Bonchev–Trinajstić information content (AvgIpc) is 3.20. The van der Waals surface area contributed by atoms with E-state index >= 15 is 0 Å². The molecule has 6 nitrogen and oxygen atoms in total. The van der Waals surface area contributed by atoms with Crippen LogP contribution >= 0.6 is 11.6 Å². The molecule has 0 fully saturated rings. The number of nitrogens with one attached hydrogen (secondary N) is 1. The predicted octanol–water partition coefficient (Wildman–Crippen LogP) is 6.08. The highest BCUT2D eigenvalue weighted by Crippen LogP contribution is 2.32. The molecular weight excluding hydrogens is 452 g/mol. The summed E-state index contributed by atoms with van der Waals surface area (Å²) in [7, 11) is 0. The lowest BCUT2D eigenvalue weighted by Crippen LogP contribution is -2.22. The van der Waals surface area contributed by atoms with Crippen LogP contribution in [0.4, 0.5) is 0 Å². The first-order valence-electron chi connectivity index (χ1n) is 11.0. The molecule has 0 unspecified atom stereocenters. The first kappa shape index (κ1) is 21.9. The number of carbonyl (C=O) groups is 2. The van der Waals surface area contributed by atoms with E-state index in [9.17, 15) is 9.59 Å².